The summed E-state index contributed by atoms with van der Waals surface area (Å²) >= 11 is 0. The molecule has 2 rings (SSSR count). The maximum atomic E-state index is 13.7. The molecule has 0 saturated carbocycles. The van der Waals surface area contributed by atoms with E-state index in [0.29, 0.717) is 17.2 Å². The molecular weight excluding hydrogens is 271 g/mol. The second-order valence-electron chi connectivity index (χ2n) is 5.75. The molecule has 5 nitrogen and oxygen atoms in total. The van der Waals surface area contributed by atoms with Gasteiger partial charge in [0.2, 0.25) is 5.88 Å². The number of anilines is 1. The number of halogens is 1. The van der Waals surface area contributed by atoms with Crippen molar-refractivity contribution < 1.29 is 9.13 Å². The number of ether oxygens (including phenoxy) is 1. The molecule has 0 aliphatic heterocycles. The van der Waals surface area contributed by atoms with Crippen LogP contribution in [-0.2, 0) is 5.41 Å². The average Bonchev–Trinajstić information content (AvgIpc) is 2.42. The van der Waals surface area contributed by atoms with Gasteiger partial charge in [0, 0.05) is 5.41 Å². The number of benzene rings is 1. The van der Waals surface area contributed by atoms with Crippen LogP contribution >= 0.6 is 0 Å². The summed E-state index contributed by atoms with van der Waals surface area (Å²) in [5.74, 6) is 6.46. The van der Waals surface area contributed by atoms with Gasteiger partial charge in [0.05, 0.1) is 5.56 Å². The van der Waals surface area contributed by atoms with E-state index in [1.807, 2.05) is 20.8 Å². The number of rotatable bonds is 3. The number of hydrogen-bond acceptors (Lipinski definition) is 5. The van der Waals surface area contributed by atoms with Crippen molar-refractivity contribution in [3.8, 4) is 11.6 Å². The Morgan fingerprint density at radius 2 is 1.86 bits per heavy atom. The third-order valence-corrected chi connectivity index (χ3v) is 2.95. The van der Waals surface area contributed by atoms with Gasteiger partial charge in [0.15, 0.2) is 17.4 Å². The third-order valence-electron chi connectivity index (χ3n) is 2.95. The SMILES string of the molecule is Cc1c(NN)nc(C(C)(C)C)nc1Oc1ccccc1F. The van der Waals surface area contributed by atoms with Crippen LogP contribution in [0.15, 0.2) is 24.3 Å². The zero-order chi connectivity index (χ0) is 15.6. The van der Waals surface area contributed by atoms with Crippen LogP contribution in [0.4, 0.5) is 10.2 Å². The fourth-order valence-corrected chi connectivity index (χ4v) is 1.70. The van der Waals surface area contributed by atoms with E-state index >= 15 is 0 Å². The van der Waals surface area contributed by atoms with Gasteiger partial charge < -0.3 is 10.2 Å². The zero-order valence-corrected chi connectivity index (χ0v) is 12.6. The molecule has 0 spiro atoms. The first kappa shape index (κ1) is 15.2. The summed E-state index contributed by atoms with van der Waals surface area (Å²) < 4.78 is 19.3. The lowest BCUT2D eigenvalue weighted by Gasteiger charge is -2.20. The molecule has 0 aliphatic rings. The summed E-state index contributed by atoms with van der Waals surface area (Å²) in [5.41, 5.74) is 2.86. The molecule has 3 N–H and O–H groups in total. The molecule has 6 heteroatoms. The van der Waals surface area contributed by atoms with Crippen LogP contribution in [0.5, 0.6) is 11.6 Å². The number of nitrogens with zero attached hydrogens (tertiary/aromatic N) is 2. The topological polar surface area (TPSA) is 73.1 Å². The number of nitrogen functional groups attached to an aromatic ring is 1. The fraction of sp³-hybridized carbons (Fsp3) is 0.333. The molecule has 0 saturated heterocycles. The van der Waals surface area contributed by atoms with Crippen molar-refractivity contribution in [2.75, 3.05) is 5.43 Å². The number of nitrogens with two attached hydrogens (primary N) is 1. The highest BCUT2D eigenvalue weighted by Crippen LogP contribution is 2.31. The van der Waals surface area contributed by atoms with E-state index in [-0.39, 0.29) is 17.0 Å². The molecule has 0 amide bonds. The molecule has 0 aliphatic carbocycles. The Morgan fingerprint density at radius 1 is 1.19 bits per heavy atom. The number of nitrogens with one attached hydrogen (secondary N) is 1. The molecule has 0 atom stereocenters. The standard InChI is InChI=1S/C15H19FN4O/c1-9-12(20-17)18-14(15(2,3)4)19-13(9)21-11-8-6-5-7-10(11)16/h5-8H,17H2,1-4H3,(H,18,19,20). The van der Waals surface area contributed by atoms with Crippen LogP contribution in [-0.4, -0.2) is 9.97 Å². The molecule has 2 aromatic rings. The Balaban J connectivity index is 2.50. The largest absolute Gasteiger partial charge is 0.435 e. The monoisotopic (exact) mass is 290 g/mol. The van der Waals surface area contributed by atoms with Gasteiger partial charge in [0.1, 0.15) is 5.82 Å². The molecule has 112 valence electrons. The maximum absolute atomic E-state index is 13.7. The van der Waals surface area contributed by atoms with Gasteiger partial charge in [-0.2, -0.15) is 4.98 Å². The number of hydrogen-bond donors (Lipinski definition) is 2. The van der Waals surface area contributed by atoms with E-state index in [1.54, 1.807) is 25.1 Å². The van der Waals surface area contributed by atoms with E-state index in [0.717, 1.165) is 0 Å². The summed E-state index contributed by atoms with van der Waals surface area (Å²) in [6.45, 7) is 7.69. The van der Waals surface area contributed by atoms with Crippen LogP contribution in [0.25, 0.3) is 0 Å². The fourth-order valence-electron chi connectivity index (χ4n) is 1.70. The lowest BCUT2D eigenvalue weighted by molar-refractivity contribution is 0.414. The minimum absolute atomic E-state index is 0.113. The Labute approximate surface area is 123 Å². The van der Waals surface area contributed by atoms with Gasteiger partial charge in [-0.3, -0.25) is 0 Å². The van der Waals surface area contributed by atoms with Gasteiger partial charge in [-0.25, -0.2) is 15.2 Å². The highest BCUT2D eigenvalue weighted by Gasteiger charge is 2.22. The number of hydrazine groups is 1. The van der Waals surface area contributed by atoms with Crippen LogP contribution in [0.3, 0.4) is 0 Å². The lowest BCUT2D eigenvalue weighted by atomic mass is 9.95. The maximum Gasteiger partial charge on any atom is 0.227 e. The van der Waals surface area contributed by atoms with Gasteiger partial charge >= 0.3 is 0 Å². The molecule has 0 radical (unpaired) electrons. The van der Waals surface area contributed by atoms with E-state index < -0.39 is 5.82 Å². The molecular formula is C15H19FN4O. The van der Waals surface area contributed by atoms with Crippen molar-refractivity contribution in [1.29, 1.82) is 0 Å². The second-order valence-corrected chi connectivity index (χ2v) is 5.75. The van der Waals surface area contributed by atoms with Gasteiger partial charge in [-0.05, 0) is 19.1 Å². The Hall–Kier alpha value is -2.21. The van der Waals surface area contributed by atoms with E-state index in [4.69, 9.17) is 10.6 Å². The van der Waals surface area contributed by atoms with Crippen molar-refractivity contribution >= 4 is 5.82 Å². The first-order valence-corrected chi connectivity index (χ1v) is 6.61. The van der Waals surface area contributed by atoms with Crippen LogP contribution in [0, 0.1) is 12.7 Å². The van der Waals surface area contributed by atoms with Crippen LogP contribution < -0.4 is 16.0 Å². The Morgan fingerprint density at radius 3 is 2.43 bits per heavy atom. The van der Waals surface area contributed by atoms with Crippen LogP contribution in [0.1, 0.15) is 32.2 Å². The summed E-state index contributed by atoms with van der Waals surface area (Å²) in [4.78, 5) is 8.76. The predicted octanol–water partition coefficient (Wildman–Crippen LogP) is 3.30. The van der Waals surface area contributed by atoms with Crippen molar-refractivity contribution in [2.45, 2.75) is 33.1 Å². The minimum atomic E-state index is -0.449. The predicted molar refractivity (Wildman–Crippen MR) is 79.8 cm³/mol. The molecule has 0 fully saturated rings. The first-order chi connectivity index (χ1) is 9.82. The highest BCUT2D eigenvalue weighted by atomic mass is 19.1. The normalized spacial score (nSPS) is 11.3. The van der Waals surface area contributed by atoms with Crippen LogP contribution in [0.2, 0.25) is 0 Å². The summed E-state index contributed by atoms with van der Waals surface area (Å²) in [5, 5.41) is 0. The average molecular weight is 290 g/mol. The van der Waals surface area contributed by atoms with Gasteiger partial charge in [0.25, 0.3) is 0 Å². The molecule has 1 heterocycles. The zero-order valence-electron chi connectivity index (χ0n) is 12.6. The highest BCUT2D eigenvalue weighted by molar-refractivity contribution is 5.49. The Kier molecular flexibility index (Phi) is 4.09. The number of para-hydroxylation sites is 1. The first-order valence-electron chi connectivity index (χ1n) is 6.61. The lowest BCUT2D eigenvalue weighted by Crippen LogP contribution is -2.20. The molecule has 0 bridgehead atoms. The minimum Gasteiger partial charge on any atom is -0.435 e. The van der Waals surface area contributed by atoms with Crippen molar-refractivity contribution in [3.05, 3.63) is 41.5 Å². The smallest absolute Gasteiger partial charge is 0.227 e. The Bertz CT molecular complexity index is 653. The third kappa shape index (κ3) is 3.28. The summed E-state index contributed by atoms with van der Waals surface area (Å²) in [6.07, 6.45) is 0. The molecule has 0 unspecified atom stereocenters. The summed E-state index contributed by atoms with van der Waals surface area (Å²) in [6, 6.07) is 6.17. The molecule has 21 heavy (non-hydrogen) atoms. The second kappa shape index (κ2) is 5.65. The molecule has 1 aromatic heterocycles. The van der Waals surface area contributed by atoms with Crippen molar-refractivity contribution in [1.82, 2.24) is 9.97 Å². The summed E-state index contributed by atoms with van der Waals surface area (Å²) in [7, 11) is 0. The number of aromatic nitrogens is 2. The van der Waals surface area contributed by atoms with Crippen molar-refractivity contribution in [2.24, 2.45) is 5.84 Å². The quantitative estimate of drug-likeness (QED) is 0.670. The van der Waals surface area contributed by atoms with Crippen molar-refractivity contribution in [3.63, 3.8) is 0 Å². The van der Waals surface area contributed by atoms with Gasteiger partial charge in [-0.1, -0.05) is 32.9 Å². The van der Waals surface area contributed by atoms with E-state index in [9.17, 15) is 4.39 Å². The van der Waals surface area contributed by atoms with E-state index in [1.165, 1.54) is 6.07 Å². The van der Waals surface area contributed by atoms with Gasteiger partial charge in [-0.15, -0.1) is 0 Å². The molecule has 1 aromatic carbocycles. The van der Waals surface area contributed by atoms with E-state index in [2.05, 4.69) is 15.4 Å².